The summed E-state index contributed by atoms with van der Waals surface area (Å²) in [7, 11) is 0. The zero-order valence-electron chi connectivity index (χ0n) is 13.7. The molecule has 1 aromatic carbocycles. The quantitative estimate of drug-likeness (QED) is 0.922. The highest BCUT2D eigenvalue weighted by Gasteiger charge is 2.30. The van der Waals surface area contributed by atoms with Crippen LogP contribution in [0, 0.1) is 6.92 Å². The van der Waals surface area contributed by atoms with Crippen LogP contribution in [0.1, 0.15) is 36.0 Å². The van der Waals surface area contributed by atoms with Crippen molar-refractivity contribution in [3.63, 3.8) is 0 Å². The van der Waals surface area contributed by atoms with E-state index in [1.165, 1.54) is 0 Å². The Kier molecular flexibility index (Phi) is 4.76. The maximum atomic E-state index is 13.0. The van der Waals surface area contributed by atoms with Crippen LogP contribution in [0.15, 0.2) is 34.7 Å². The zero-order chi connectivity index (χ0) is 16.2. The molecule has 122 valence electrons. The van der Waals surface area contributed by atoms with E-state index in [2.05, 4.69) is 17.2 Å². The molecule has 1 N–H and O–H groups in total. The second-order valence-electron chi connectivity index (χ2n) is 5.94. The first-order valence-electron chi connectivity index (χ1n) is 8.25. The number of amides is 1. The first-order chi connectivity index (χ1) is 11.2. The van der Waals surface area contributed by atoms with Gasteiger partial charge in [0, 0.05) is 24.7 Å². The van der Waals surface area contributed by atoms with Gasteiger partial charge in [-0.1, -0.05) is 25.1 Å². The second-order valence-corrected chi connectivity index (χ2v) is 5.94. The number of carbonyl (C=O) groups is 1. The monoisotopic (exact) mass is 313 g/mol. The molecular formula is C18H23N3O2. The van der Waals surface area contributed by atoms with E-state index in [0.717, 1.165) is 38.0 Å². The van der Waals surface area contributed by atoms with Gasteiger partial charge in [-0.3, -0.25) is 4.79 Å². The molecule has 1 aromatic heterocycles. The average molecular weight is 313 g/mol. The van der Waals surface area contributed by atoms with Crippen LogP contribution in [0.2, 0.25) is 0 Å². The van der Waals surface area contributed by atoms with Crippen molar-refractivity contribution in [2.45, 2.75) is 32.7 Å². The molecule has 1 unspecified atom stereocenters. The normalized spacial score (nSPS) is 17.4. The first-order valence-corrected chi connectivity index (χ1v) is 8.25. The number of benzene rings is 1. The van der Waals surface area contributed by atoms with Crippen LogP contribution in [-0.4, -0.2) is 41.5 Å². The summed E-state index contributed by atoms with van der Waals surface area (Å²) in [5, 5.41) is 3.32. The van der Waals surface area contributed by atoms with Crippen LogP contribution in [0.5, 0.6) is 0 Å². The molecule has 1 aliphatic heterocycles. The Labute approximate surface area is 136 Å². The Hall–Kier alpha value is -2.14. The van der Waals surface area contributed by atoms with E-state index >= 15 is 0 Å². The van der Waals surface area contributed by atoms with Gasteiger partial charge < -0.3 is 14.6 Å². The molecule has 23 heavy (non-hydrogen) atoms. The largest absolute Gasteiger partial charge is 0.431 e. The third kappa shape index (κ3) is 3.29. The molecule has 1 aliphatic rings. The number of aromatic nitrogens is 1. The lowest BCUT2D eigenvalue weighted by Crippen LogP contribution is -2.42. The number of carbonyl (C=O) groups excluding carboxylic acids is 1. The number of aryl methyl sites for hydroxylation is 1. The van der Waals surface area contributed by atoms with E-state index in [0.29, 0.717) is 17.3 Å². The number of hydrogen-bond acceptors (Lipinski definition) is 4. The molecule has 0 saturated carbocycles. The van der Waals surface area contributed by atoms with Gasteiger partial charge in [-0.25, -0.2) is 4.98 Å². The van der Waals surface area contributed by atoms with Crippen LogP contribution in [0.3, 0.4) is 0 Å². The highest BCUT2D eigenvalue weighted by Crippen LogP contribution is 2.24. The van der Waals surface area contributed by atoms with Gasteiger partial charge in [0.1, 0.15) is 0 Å². The fourth-order valence-corrected chi connectivity index (χ4v) is 3.03. The van der Waals surface area contributed by atoms with Gasteiger partial charge in [-0.2, -0.15) is 0 Å². The highest BCUT2D eigenvalue weighted by atomic mass is 16.4. The van der Waals surface area contributed by atoms with Crippen LogP contribution >= 0.6 is 0 Å². The Balaban J connectivity index is 1.87. The lowest BCUT2D eigenvalue weighted by atomic mass is 10.2. The summed E-state index contributed by atoms with van der Waals surface area (Å²) in [5.74, 6) is 0.823. The van der Waals surface area contributed by atoms with Gasteiger partial charge in [0.2, 0.25) is 11.7 Å². The van der Waals surface area contributed by atoms with Gasteiger partial charge in [0.05, 0.1) is 5.69 Å². The third-order valence-corrected chi connectivity index (χ3v) is 4.21. The highest BCUT2D eigenvalue weighted by molar-refractivity contribution is 5.93. The maximum absolute atomic E-state index is 13.0. The summed E-state index contributed by atoms with van der Waals surface area (Å²) >= 11 is 0. The van der Waals surface area contributed by atoms with E-state index < -0.39 is 0 Å². The smallest absolute Gasteiger partial charge is 0.291 e. The van der Waals surface area contributed by atoms with Gasteiger partial charge in [0.15, 0.2) is 0 Å². The molecular weight excluding hydrogens is 290 g/mol. The summed E-state index contributed by atoms with van der Waals surface area (Å²) < 4.78 is 5.83. The number of hydrogen-bond donors (Lipinski definition) is 1. The van der Waals surface area contributed by atoms with E-state index in [1.54, 1.807) is 0 Å². The zero-order valence-corrected chi connectivity index (χ0v) is 13.7. The summed E-state index contributed by atoms with van der Waals surface area (Å²) in [4.78, 5) is 19.3. The molecule has 1 amide bonds. The summed E-state index contributed by atoms with van der Waals surface area (Å²) in [5.41, 5.74) is 1.54. The molecule has 0 aliphatic carbocycles. The van der Waals surface area contributed by atoms with Crippen molar-refractivity contribution in [3.8, 4) is 11.5 Å². The Morgan fingerprint density at radius 1 is 1.39 bits per heavy atom. The maximum Gasteiger partial charge on any atom is 0.291 e. The molecule has 2 aromatic rings. The van der Waals surface area contributed by atoms with E-state index in [-0.39, 0.29) is 11.9 Å². The van der Waals surface area contributed by atoms with Crippen molar-refractivity contribution in [3.05, 3.63) is 41.8 Å². The molecule has 1 fully saturated rings. The van der Waals surface area contributed by atoms with Crippen molar-refractivity contribution < 1.29 is 9.21 Å². The predicted octanol–water partition coefficient (Wildman–Crippen LogP) is 2.86. The van der Waals surface area contributed by atoms with Crippen molar-refractivity contribution in [1.82, 2.24) is 15.2 Å². The van der Waals surface area contributed by atoms with Gasteiger partial charge in [-0.15, -0.1) is 0 Å². The minimum Gasteiger partial charge on any atom is -0.431 e. The number of rotatable bonds is 5. The summed E-state index contributed by atoms with van der Waals surface area (Å²) in [6.07, 6.45) is 1.92. The Bertz CT molecular complexity index is 660. The lowest BCUT2D eigenvalue weighted by Gasteiger charge is -2.27. The molecule has 3 rings (SSSR count). The molecule has 5 heteroatoms. The first kappa shape index (κ1) is 15.7. The van der Waals surface area contributed by atoms with Gasteiger partial charge >= 0.3 is 0 Å². The predicted molar refractivity (Wildman–Crippen MR) is 89.3 cm³/mol. The molecule has 1 atom stereocenters. The van der Waals surface area contributed by atoms with Crippen LogP contribution < -0.4 is 5.32 Å². The standard InChI is InChI=1S/C18H23N3O2/c1-3-11-21(15-9-10-19-12-15)18(22)16-13(2)20-17(23-16)14-7-5-4-6-8-14/h4-8,15,19H,3,9-12H2,1-2H3. The van der Waals surface area contributed by atoms with Gasteiger partial charge in [0.25, 0.3) is 5.91 Å². The van der Waals surface area contributed by atoms with Crippen molar-refractivity contribution in [1.29, 1.82) is 0 Å². The molecule has 0 spiro atoms. The van der Waals surface area contributed by atoms with E-state index in [4.69, 9.17) is 4.42 Å². The van der Waals surface area contributed by atoms with Crippen LogP contribution in [0.4, 0.5) is 0 Å². The number of nitrogens with one attached hydrogen (secondary N) is 1. The molecule has 1 saturated heterocycles. The Morgan fingerprint density at radius 2 is 2.17 bits per heavy atom. The molecule has 0 radical (unpaired) electrons. The number of oxazole rings is 1. The van der Waals surface area contributed by atoms with E-state index in [9.17, 15) is 4.79 Å². The fraction of sp³-hybridized carbons (Fsp3) is 0.444. The van der Waals surface area contributed by atoms with Crippen molar-refractivity contribution in [2.24, 2.45) is 0 Å². The minimum absolute atomic E-state index is 0.0484. The summed E-state index contributed by atoms with van der Waals surface area (Å²) in [6.45, 7) is 6.48. The van der Waals surface area contributed by atoms with Crippen LogP contribution in [0.25, 0.3) is 11.5 Å². The molecule has 5 nitrogen and oxygen atoms in total. The number of nitrogens with zero attached hydrogens (tertiary/aromatic N) is 2. The van der Waals surface area contributed by atoms with E-state index in [1.807, 2.05) is 42.2 Å². The average Bonchev–Trinajstić information content (AvgIpc) is 3.22. The minimum atomic E-state index is -0.0484. The topological polar surface area (TPSA) is 58.4 Å². The molecule has 2 heterocycles. The molecule has 0 bridgehead atoms. The van der Waals surface area contributed by atoms with Gasteiger partial charge in [-0.05, 0) is 38.4 Å². The lowest BCUT2D eigenvalue weighted by molar-refractivity contribution is 0.0659. The fourth-order valence-electron chi connectivity index (χ4n) is 3.03. The third-order valence-electron chi connectivity index (χ3n) is 4.21. The van der Waals surface area contributed by atoms with Crippen molar-refractivity contribution in [2.75, 3.05) is 19.6 Å². The van der Waals surface area contributed by atoms with Crippen molar-refractivity contribution >= 4 is 5.91 Å². The Morgan fingerprint density at radius 3 is 2.83 bits per heavy atom. The second kappa shape index (κ2) is 6.96. The summed E-state index contributed by atoms with van der Waals surface area (Å²) in [6, 6.07) is 9.93. The SMILES string of the molecule is CCCN(C(=O)c1oc(-c2ccccc2)nc1C)C1CCNC1. The van der Waals surface area contributed by atoms with Crippen LogP contribution in [-0.2, 0) is 0 Å².